The molecule has 0 spiro atoms. The fourth-order valence-corrected chi connectivity index (χ4v) is 1.60. The summed E-state index contributed by atoms with van der Waals surface area (Å²) in [5.41, 5.74) is 1.30. The number of nitrogens with one attached hydrogen (secondary N) is 1. The summed E-state index contributed by atoms with van der Waals surface area (Å²) in [5.74, 6) is 0. The average molecular weight is 221 g/mol. The molecule has 3 nitrogen and oxygen atoms in total. The van der Waals surface area contributed by atoms with Crippen LogP contribution in [0.5, 0.6) is 0 Å². The minimum absolute atomic E-state index is 1.08. The average Bonchev–Trinajstić information content (AvgIpc) is 2.68. The summed E-state index contributed by atoms with van der Waals surface area (Å²) in [6, 6.07) is 2.08. The fourth-order valence-electron chi connectivity index (χ4n) is 1.60. The summed E-state index contributed by atoms with van der Waals surface area (Å²) in [5, 5.41) is 7.53. The van der Waals surface area contributed by atoms with Crippen LogP contribution in [0.15, 0.2) is 24.4 Å². The van der Waals surface area contributed by atoms with Gasteiger partial charge in [-0.05, 0) is 44.8 Å². The predicted molar refractivity (Wildman–Crippen MR) is 68.4 cm³/mol. The van der Waals surface area contributed by atoms with E-state index >= 15 is 0 Å². The Balaban J connectivity index is 2.02. The van der Waals surface area contributed by atoms with E-state index in [-0.39, 0.29) is 0 Å². The van der Waals surface area contributed by atoms with E-state index in [0.717, 1.165) is 32.4 Å². The highest BCUT2D eigenvalue weighted by atomic mass is 15.2. The van der Waals surface area contributed by atoms with Crippen molar-refractivity contribution in [2.75, 3.05) is 13.1 Å². The zero-order valence-electron chi connectivity index (χ0n) is 10.4. The van der Waals surface area contributed by atoms with E-state index in [1.807, 2.05) is 17.9 Å². The fraction of sp³-hybridized carbons (Fsp3) is 0.615. The molecule has 1 heterocycles. The van der Waals surface area contributed by atoms with Gasteiger partial charge >= 0.3 is 0 Å². The van der Waals surface area contributed by atoms with Crippen molar-refractivity contribution in [1.29, 1.82) is 0 Å². The Labute approximate surface area is 98.5 Å². The molecule has 0 aromatic carbocycles. The van der Waals surface area contributed by atoms with Crippen molar-refractivity contribution in [2.24, 2.45) is 7.05 Å². The van der Waals surface area contributed by atoms with Crippen molar-refractivity contribution in [3.05, 3.63) is 30.1 Å². The molecule has 0 aliphatic carbocycles. The van der Waals surface area contributed by atoms with Crippen LogP contribution in [0.1, 0.15) is 31.9 Å². The summed E-state index contributed by atoms with van der Waals surface area (Å²) in [6.45, 7) is 4.41. The Hall–Kier alpha value is -1.09. The van der Waals surface area contributed by atoms with E-state index in [1.165, 1.54) is 12.1 Å². The van der Waals surface area contributed by atoms with Crippen LogP contribution >= 0.6 is 0 Å². The smallest absolute Gasteiger partial charge is 0.0492 e. The van der Waals surface area contributed by atoms with Gasteiger partial charge in [-0.2, -0.15) is 5.10 Å². The quantitative estimate of drug-likeness (QED) is 0.539. The molecule has 0 amide bonds. The lowest BCUT2D eigenvalue weighted by molar-refractivity contribution is 0.677. The largest absolute Gasteiger partial charge is 0.316 e. The van der Waals surface area contributed by atoms with Gasteiger partial charge in [-0.25, -0.2) is 0 Å². The number of allylic oxidation sites excluding steroid dienone is 1. The monoisotopic (exact) mass is 221 g/mol. The zero-order chi connectivity index (χ0) is 11.6. The van der Waals surface area contributed by atoms with Crippen molar-refractivity contribution < 1.29 is 0 Å². The van der Waals surface area contributed by atoms with Gasteiger partial charge in [0.15, 0.2) is 0 Å². The third kappa shape index (κ3) is 5.12. The molecule has 0 atom stereocenters. The van der Waals surface area contributed by atoms with E-state index in [9.17, 15) is 0 Å². The Kier molecular flexibility index (Phi) is 6.58. The van der Waals surface area contributed by atoms with Gasteiger partial charge < -0.3 is 5.32 Å². The molecule has 90 valence electrons. The summed E-state index contributed by atoms with van der Waals surface area (Å²) in [4.78, 5) is 0. The van der Waals surface area contributed by atoms with Crippen LogP contribution in [-0.2, 0) is 13.5 Å². The zero-order valence-corrected chi connectivity index (χ0v) is 10.4. The number of rotatable bonds is 8. The van der Waals surface area contributed by atoms with Crippen molar-refractivity contribution in [3.63, 3.8) is 0 Å². The molecule has 16 heavy (non-hydrogen) atoms. The highest BCUT2D eigenvalue weighted by molar-refractivity contribution is 5.01. The molecular formula is C13H23N3. The third-order valence-electron chi connectivity index (χ3n) is 2.57. The van der Waals surface area contributed by atoms with Crippen molar-refractivity contribution in [3.8, 4) is 0 Å². The molecule has 1 aromatic heterocycles. The second-order valence-electron chi connectivity index (χ2n) is 3.99. The van der Waals surface area contributed by atoms with Gasteiger partial charge in [-0.3, -0.25) is 4.68 Å². The highest BCUT2D eigenvalue weighted by Gasteiger charge is 1.95. The Morgan fingerprint density at radius 3 is 2.81 bits per heavy atom. The summed E-state index contributed by atoms with van der Waals surface area (Å²) in [6.07, 6.45) is 10.9. The lowest BCUT2D eigenvalue weighted by Gasteiger charge is -1.99. The number of hydrogen-bond donors (Lipinski definition) is 1. The minimum atomic E-state index is 1.08. The second-order valence-corrected chi connectivity index (χ2v) is 3.99. The maximum atomic E-state index is 4.15. The predicted octanol–water partition coefficient (Wildman–Crippen LogP) is 2.30. The van der Waals surface area contributed by atoms with Gasteiger partial charge in [0.25, 0.3) is 0 Å². The van der Waals surface area contributed by atoms with Crippen molar-refractivity contribution in [1.82, 2.24) is 15.1 Å². The van der Waals surface area contributed by atoms with E-state index in [1.54, 1.807) is 0 Å². The first-order chi connectivity index (χ1) is 7.84. The highest BCUT2D eigenvalue weighted by Crippen LogP contribution is 2.01. The lowest BCUT2D eigenvalue weighted by Crippen LogP contribution is -2.14. The van der Waals surface area contributed by atoms with Gasteiger partial charge in [0, 0.05) is 18.9 Å². The van der Waals surface area contributed by atoms with Crippen LogP contribution < -0.4 is 5.32 Å². The number of hydrogen-bond acceptors (Lipinski definition) is 2. The van der Waals surface area contributed by atoms with E-state index in [4.69, 9.17) is 0 Å². The molecule has 0 fully saturated rings. The molecular weight excluding hydrogens is 198 g/mol. The lowest BCUT2D eigenvalue weighted by atomic mass is 10.2. The molecule has 1 N–H and O–H groups in total. The molecule has 0 aliphatic heterocycles. The van der Waals surface area contributed by atoms with Crippen LogP contribution in [0.3, 0.4) is 0 Å². The van der Waals surface area contributed by atoms with Crippen LogP contribution in [0.25, 0.3) is 0 Å². The van der Waals surface area contributed by atoms with Crippen LogP contribution in [0, 0.1) is 0 Å². The first-order valence-corrected chi connectivity index (χ1v) is 6.17. The Morgan fingerprint density at radius 2 is 2.12 bits per heavy atom. The molecule has 0 unspecified atom stereocenters. The van der Waals surface area contributed by atoms with E-state index < -0.39 is 0 Å². The number of nitrogens with zero attached hydrogens (tertiary/aromatic N) is 2. The van der Waals surface area contributed by atoms with E-state index in [0.29, 0.717) is 0 Å². The summed E-state index contributed by atoms with van der Waals surface area (Å²) < 4.78 is 1.94. The van der Waals surface area contributed by atoms with Crippen LogP contribution in [-0.4, -0.2) is 22.9 Å². The van der Waals surface area contributed by atoms with Gasteiger partial charge in [0.2, 0.25) is 0 Å². The molecule has 0 saturated heterocycles. The first-order valence-electron chi connectivity index (χ1n) is 6.17. The van der Waals surface area contributed by atoms with Gasteiger partial charge in [-0.1, -0.05) is 19.1 Å². The topological polar surface area (TPSA) is 29.9 Å². The second kappa shape index (κ2) is 8.11. The summed E-state index contributed by atoms with van der Waals surface area (Å²) >= 11 is 0. The SMILES string of the molecule is CCCNCC/C=C/CCc1ccnn1C. The maximum Gasteiger partial charge on any atom is 0.0492 e. The van der Waals surface area contributed by atoms with Crippen LogP contribution in [0.2, 0.25) is 0 Å². The first kappa shape index (κ1) is 13.0. The molecule has 1 aromatic rings. The molecule has 1 rings (SSSR count). The van der Waals surface area contributed by atoms with Crippen molar-refractivity contribution in [2.45, 2.75) is 32.6 Å². The molecule has 3 heteroatoms. The molecule has 0 saturated carbocycles. The molecule has 0 bridgehead atoms. The normalized spacial score (nSPS) is 11.4. The van der Waals surface area contributed by atoms with E-state index in [2.05, 4.69) is 35.6 Å². The standard InChI is InChI=1S/C13H23N3/c1-3-10-14-11-7-5-4-6-8-13-9-12-15-16(13)2/h4-5,9,12,14H,3,6-8,10-11H2,1-2H3/b5-4+. The van der Waals surface area contributed by atoms with Gasteiger partial charge in [0.05, 0.1) is 0 Å². The summed E-state index contributed by atoms with van der Waals surface area (Å²) in [7, 11) is 1.99. The van der Waals surface area contributed by atoms with Crippen molar-refractivity contribution >= 4 is 0 Å². The molecule has 0 radical (unpaired) electrons. The Bertz CT molecular complexity index is 302. The van der Waals surface area contributed by atoms with Gasteiger partial charge in [0.1, 0.15) is 0 Å². The molecule has 0 aliphatic rings. The van der Waals surface area contributed by atoms with Gasteiger partial charge in [-0.15, -0.1) is 0 Å². The number of aryl methyl sites for hydroxylation is 2. The van der Waals surface area contributed by atoms with Crippen LogP contribution in [0.4, 0.5) is 0 Å². The number of aromatic nitrogens is 2. The minimum Gasteiger partial charge on any atom is -0.316 e. The third-order valence-corrected chi connectivity index (χ3v) is 2.57. The maximum absolute atomic E-state index is 4.15. The Morgan fingerprint density at radius 1 is 1.31 bits per heavy atom.